The van der Waals surface area contributed by atoms with Crippen molar-refractivity contribution < 1.29 is 14.3 Å². The monoisotopic (exact) mass is 246 g/mol. The van der Waals surface area contributed by atoms with Crippen LogP contribution in [0.15, 0.2) is 0 Å². The lowest BCUT2D eigenvalue weighted by molar-refractivity contribution is 0.0688. The molecular weight excluding hydrogens is 220 g/mol. The zero-order valence-corrected chi connectivity index (χ0v) is 11.5. The maximum atomic E-state index is 11.4. The molecule has 0 bridgehead atoms. The molecule has 0 aliphatic carbocycles. The Morgan fingerprint density at radius 1 is 1.12 bits per heavy atom. The highest BCUT2D eigenvalue weighted by Crippen LogP contribution is 1.97. The number of carbonyl (C=O) groups excluding carboxylic acids is 1. The van der Waals surface area contributed by atoms with E-state index < -0.39 is 0 Å². The van der Waals surface area contributed by atoms with Crippen molar-refractivity contribution in [2.24, 2.45) is 0 Å². The minimum atomic E-state index is -0.187. The Bertz CT molecular complexity index is 202. The molecule has 5 heteroatoms. The molecule has 0 saturated heterocycles. The van der Waals surface area contributed by atoms with Crippen LogP contribution in [0.5, 0.6) is 0 Å². The van der Waals surface area contributed by atoms with Gasteiger partial charge in [0, 0.05) is 25.8 Å². The zero-order valence-electron chi connectivity index (χ0n) is 11.5. The summed E-state index contributed by atoms with van der Waals surface area (Å²) in [6.07, 6.45) is 1.87. The van der Waals surface area contributed by atoms with Gasteiger partial charge in [0.05, 0.1) is 13.2 Å². The average Bonchev–Trinajstić information content (AvgIpc) is 2.19. The fraction of sp³-hybridized carbons (Fsp3) is 0.917. The summed E-state index contributed by atoms with van der Waals surface area (Å²) in [6.45, 7) is 8.52. The molecular formula is C12H26N2O3. The van der Waals surface area contributed by atoms with E-state index in [9.17, 15) is 4.79 Å². The van der Waals surface area contributed by atoms with Crippen LogP contribution in [0.2, 0.25) is 0 Å². The molecule has 0 radical (unpaired) electrons. The fourth-order valence-electron chi connectivity index (χ4n) is 1.16. The van der Waals surface area contributed by atoms with Crippen molar-refractivity contribution in [3.63, 3.8) is 0 Å². The molecule has 0 rings (SSSR count). The largest absolute Gasteiger partial charge is 0.382 e. The number of hydrogen-bond donors (Lipinski definition) is 2. The molecule has 0 aromatic carbocycles. The van der Waals surface area contributed by atoms with Gasteiger partial charge in [-0.3, -0.25) is 0 Å². The van der Waals surface area contributed by atoms with Crippen LogP contribution >= 0.6 is 0 Å². The third-order valence-corrected chi connectivity index (χ3v) is 1.92. The van der Waals surface area contributed by atoms with E-state index >= 15 is 0 Å². The van der Waals surface area contributed by atoms with Gasteiger partial charge in [-0.2, -0.15) is 0 Å². The number of nitrogens with one attached hydrogen (secondary N) is 2. The van der Waals surface area contributed by atoms with Crippen LogP contribution in [0.3, 0.4) is 0 Å². The predicted molar refractivity (Wildman–Crippen MR) is 68.2 cm³/mol. The van der Waals surface area contributed by atoms with E-state index in [1.807, 2.05) is 20.8 Å². The first-order valence-corrected chi connectivity index (χ1v) is 6.08. The third-order valence-electron chi connectivity index (χ3n) is 1.92. The Morgan fingerprint density at radius 3 is 2.41 bits per heavy atom. The highest BCUT2D eigenvalue weighted by atomic mass is 16.5. The van der Waals surface area contributed by atoms with Crippen molar-refractivity contribution in [1.82, 2.24) is 10.6 Å². The average molecular weight is 246 g/mol. The van der Waals surface area contributed by atoms with E-state index in [-0.39, 0.29) is 11.6 Å². The van der Waals surface area contributed by atoms with E-state index in [4.69, 9.17) is 9.47 Å². The van der Waals surface area contributed by atoms with Gasteiger partial charge in [0.25, 0.3) is 0 Å². The van der Waals surface area contributed by atoms with Crippen LogP contribution in [0, 0.1) is 0 Å². The minimum Gasteiger partial charge on any atom is -0.382 e. The smallest absolute Gasteiger partial charge is 0.315 e. The maximum absolute atomic E-state index is 11.4. The molecule has 0 aromatic heterocycles. The first kappa shape index (κ1) is 16.2. The summed E-state index contributed by atoms with van der Waals surface area (Å²) >= 11 is 0. The molecule has 5 nitrogen and oxygen atoms in total. The molecule has 0 atom stereocenters. The summed E-state index contributed by atoms with van der Waals surface area (Å²) in [4.78, 5) is 11.4. The van der Waals surface area contributed by atoms with Gasteiger partial charge in [-0.25, -0.2) is 4.79 Å². The third kappa shape index (κ3) is 13.1. The molecule has 0 unspecified atom stereocenters. The van der Waals surface area contributed by atoms with Crippen molar-refractivity contribution in [1.29, 1.82) is 0 Å². The van der Waals surface area contributed by atoms with Crippen molar-refractivity contribution in [2.45, 2.75) is 39.2 Å². The molecule has 0 aliphatic rings. The minimum absolute atomic E-state index is 0.113. The molecule has 0 aromatic rings. The van der Waals surface area contributed by atoms with E-state index in [0.717, 1.165) is 12.8 Å². The van der Waals surface area contributed by atoms with Gasteiger partial charge in [-0.05, 0) is 33.6 Å². The topological polar surface area (TPSA) is 59.6 Å². The van der Waals surface area contributed by atoms with Crippen LogP contribution in [-0.2, 0) is 9.47 Å². The summed E-state index contributed by atoms with van der Waals surface area (Å²) in [5.41, 5.74) is -0.187. The zero-order chi connectivity index (χ0) is 13.1. The Morgan fingerprint density at radius 2 is 1.82 bits per heavy atom. The van der Waals surface area contributed by atoms with Crippen LogP contribution in [-0.4, -0.2) is 45.0 Å². The molecule has 0 spiro atoms. The van der Waals surface area contributed by atoms with Gasteiger partial charge >= 0.3 is 6.03 Å². The number of hydrogen-bond acceptors (Lipinski definition) is 3. The second-order valence-electron chi connectivity index (χ2n) is 4.94. The Kier molecular flexibility index (Phi) is 8.80. The summed E-state index contributed by atoms with van der Waals surface area (Å²) in [7, 11) is 1.65. The van der Waals surface area contributed by atoms with Gasteiger partial charge in [-0.1, -0.05) is 0 Å². The normalized spacial score (nSPS) is 11.3. The number of urea groups is 1. The van der Waals surface area contributed by atoms with Gasteiger partial charge in [0.15, 0.2) is 0 Å². The lowest BCUT2D eigenvalue weighted by Gasteiger charge is -2.20. The maximum Gasteiger partial charge on any atom is 0.315 e. The van der Waals surface area contributed by atoms with E-state index in [0.29, 0.717) is 26.4 Å². The lowest BCUT2D eigenvalue weighted by atomic mass is 10.1. The molecule has 102 valence electrons. The first-order chi connectivity index (χ1) is 7.95. The van der Waals surface area contributed by atoms with Crippen molar-refractivity contribution in [3.8, 4) is 0 Å². The first-order valence-electron chi connectivity index (χ1n) is 6.08. The Hall–Kier alpha value is -0.810. The molecule has 17 heavy (non-hydrogen) atoms. The van der Waals surface area contributed by atoms with Crippen LogP contribution in [0.1, 0.15) is 33.6 Å². The standard InChI is InChI=1S/C12H26N2O3/c1-12(2,3)14-11(15)13-7-5-6-8-17-10-9-16-4/h5-10H2,1-4H3,(H2,13,14,15). The van der Waals surface area contributed by atoms with Gasteiger partial charge in [0.2, 0.25) is 0 Å². The number of ether oxygens (including phenoxy) is 2. The van der Waals surface area contributed by atoms with Crippen molar-refractivity contribution in [3.05, 3.63) is 0 Å². The summed E-state index contributed by atoms with van der Waals surface area (Å²) in [6, 6.07) is -0.113. The highest BCUT2D eigenvalue weighted by Gasteiger charge is 2.12. The fourth-order valence-corrected chi connectivity index (χ4v) is 1.16. The van der Waals surface area contributed by atoms with Crippen molar-refractivity contribution >= 4 is 6.03 Å². The second kappa shape index (κ2) is 9.24. The number of rotatable bonds is 8. The number of methoxy groups -OCH3 is 1. The number of amides is 2. The summed E-state index contributed by atoms with van der Waals surface area (Å²) < 4.78 is 10.2. The van der Waals surface area contributed by atoms with Crippen LogP contribution in [0.4, 0.5) is 4.79 Å². The molecule has 0 aliphatic heterocycles. The molecule has 0 fully saturated rings. The van der Waals surface area contributed by atoms with Gasteiger partial charge < -0.3 is 20.1 Å². The molecule has 2 N–H and O–H groups in total. The lowest BCUT2D eigenvalue weighted by Crippen LogP contribution is -2.46. The number of carbonyl (C=O) groups is 1. The Labute approximate surface area is 104 Å². The van der Waals surface area contributed by atoms with E-state index in [1.165, 1.54) is 0 Å². The highest BCUT2D eigenvalue weighted by molar-refractivity contribution is 5.74. The number of unbranched alkanes of at least 4 members (excludes halogenated alkanes) is 1. The summed E-state index contributed by atoms with van der Waals surface area (Å²) in [5, 5.41) is 5.65. The Balaban J connectivity index is 3.25. The molecule has 0 saturated carbocycles. The molecule has 0 heterocycles. The predicted octanol–water partition coefficient (Wildman–Crippen LogP) is 1.53. The van der Waals surface area contributed by atoms with E-state index in [2.05, 4.69) is 10.6 Å². The second-order valence-corrected chi connectivity index (χ2v) is 4.94. The van der Waals surface area contributed by atoms with Crippen LogP contribution < -0.4 is 10.6 Å². The quantitative estimate of drug-likeness (QED) is 0.638. The molecule has 2 amide bonds. The SMILES string of the molecule is COCCOCCCCNC(=O)NC(C)(C)C. The van der Waals surface area contributed by atoms with Gasteiger partial charge in [-0.15, -0.1) is 0 Å². The van der Waals surface area contributed by atoms with Crippen molar-refractivity contribution in [2.75, 3.05) is 33.5 Å². The van der Waals surface area contributed by atoms with E-state index in [1.54, 1.807) is 7.11 Å². The van der Waals surface area contributed by atoms with Gasteiger partial charge in [0.1, 0.15) is 0 Å². The summed E-state index contributed by atoms with van der Waals surface area (Å²) in [5.74, 6) is 0. The van der Waals surface area contributed by atoms with Crippen LogP contribution in [0.25, 0.3) is 0 Å².